The van der Waals surface area contributed by atoms with Crippen molar-refractivity contribution in [1.29, 1.82) is 0 Å². The molecule has 8 heteroatoms. The number of nitrogens with two attached hydrogens (primary N) is 2. The fourth-order valence-corrected chi connectivity index (χ4v) is 3.28. The van der Waals surface area contributed by atoms with Crippen molar-refractivity contribution in [2.45, 2.75) is 13.0 Å². The Kier molecular flexibility index (Phi) is 5.72. The maximum Gasteiger partial charge on any atom is 0.239 e. The minimum absolute atomic E-state index is 0.0458. The average Bonchev–Trinajstić information content (AvgIpc) is 3.19. The van der Waals surface area contributed by atoms with E-state index >= 15 is 0 Å². The number of benzene rings is 2. The lowest BCUT2D eigenvalue weighted by molar-refractivity contribution is -0.115. The topological polar surface area (TPSA) is 120 Å². The minimum atomic E-state index is -0.394. The highest BCUT2D eigenvalue weighted by Gasteiger charge is 2.22. The van der Waals surface area contributed by atoms with E-state index in [0.29, 0.717) is 33.6 Å². The number of anilines is 2. The van der Waals surface area contributed by atoms with Crippen LogP contribution in [0.3, 0.4) is 0 Å². The van der Waals surface area contributed by atoms with Crippen LogP contribution in [0.4, 0.5) is 16.0 Å². The van der Waals surface area contributed by atoms with E-state index in [1.807, 2.05) is 6.07 Å². The highest BCUT2D eigenvalue weighted by atomic mass is 19.1. The van der Waals surface area contributed by atoms with Crippen molar-refractivity contribution < 1.29 is 13.7 Å². The van der Waals surface area contributed by atoms with Gasteiger partial charge >= 0.3 is 0 Å². The van der Waals surface area contributed by atoms with Crippen molar-refractivity contribution >= 4 is 17.5 Å². The number of hydrogen-bond donors (Lipinski definition) is 3. The number of carbonyl (C=O) groups excluding carboxylic acids is 1. The number of carbonyl (C=O) groups is 1. The smallest absolute Gasteiger partial charge is 0.239 e. The van der Waals surface area contributed by atoms with Gasteiger partial charge in [0.1, 0.15) is 11.5 Å². The van der Waals surface area contributed by atoms with Crippen LogP contribution in [0.5, 0.6) is 0 Å². The second-order valence-electron chi connectivity index (χ2n) is 6.91. The second-order valence-corrected chi connectivity index (χ2v) is 6.91. The molecule has 31 heavy (non-hydrogen) atoms. The van der Waals surface area contributed by atoms with E-state index in [4.69, 9.17) is 16.0 Å². The lowest BCUT2D eigenvalue weighted by atomic mass is 10.00. The molecule has 0 atom stereocenters. The summed E-state index contributed by atoms with van der Waals surface area (Å²) in [5, 5.41) is 6.92. The molecular formula is C23H20FN5O2. The van der Waals surface area contributed by atoms with E-state index in [1.54, 1.807) is 54.9 Å². The van der Waals surface area contributed by atoms with Gasteiger partial charge in [-0.1, -0.05) is 23.4 Å². The molecule has 4 aromatic rings. The molecule has 2 aromatic carbocycles. The molecule has 1 amide bonds. The molecule has 0 radical (unpaired) electrons. The van der Waals surface area contributed by atoms with E-state index in [0.717, 1.165) is 5.56 Å². The summed E-state index contributed by atoms with van der Waals surface area (Å²) in [4.78, 5) is 16.7. The first-order chi connectivity index (χ1) is 15.1. The van der Waals surface area contributed by atoms with Gasteiger partial charge in [-0.25, -0.2) is 4.39 Å². The number of para-hydroxylation sites is 1. The molecule has 0 aliphatic rings. The van der Waals surface area contributed by atoms with Gasteiger partial charge in [0.05, 0.1) is 12.0 Å². The number of halogens is 1. The van der Waals surface area contributed by atoms with Crippen LogP contribution in [0.1, 0.15) is 11.1 Å². The van der Waals surface area contributed by atoms with E-state index in [2.05, 4.69) is 15.5 Å². The molecule has 0 spiro atoms. The van der Waals surface area contributed by atoms with Crippen molar-refractivity contribution in [2.24, 2.45) is 5.73 Å². The predicted octanol–water partition coefficient (Wildman–Crippen LogP) is 3.76. The molecular weight excluding hydrogens is 397 g/mol. The Labute approximate surface area is 177 Å². The van der Waals surface area contributed by atoms with Crippen molar-refractivity contribution in [3.63, 3.8) is 0 Å². The third-order valence-electron chi connectivity index (χ3n) is 4.86. The number of nitrogen functional groups attached to an aromatic ring is 1. The fraction of sp³-hybridized carbons (Fsp3) is 0.0870. The fourth-order valence-electron chi connectivity index (χ4n) is 3.28. The molecule has 0 fully saturated rings. The van der Waals surface area contributed by atoms with Crippen LogP contribution in [0.2, 0.25) is 0 Å². The van der Waals surface area contributed by atoms with Gasteiger partial charge in [0, 0.05) is 35.8 Å². The molecule has 156 valence electrons. The van der Waals surface area contributed by atoms with Crippen LogP contribution in [0.15, 0.2) is 71.5 Å². The van der Waals surface area contributed by atoms with Crippen LogP contribution in [-0.2, 0) is 17.8 Å². The Bertz CT molecular complexity index is 1220. The Hall–Kier alpha value is -4.04. The summed E-state index contributed by atoms with van der Waals surface area (Å²) in [6.07, 6.45) is 3.32. The maximum absolute atomic E-state index is 13.9. The van der Waals surface area contributed by atoms with E-state index in [1.165, 1.54) is 6.07 Å². The van der Waals surface area contributed by atoms with Gasteiger partial charge in [0.15, 0.2) is 0 Å². The molecule has 0 saturated heterocycles. The second kappa shape index (κ2) is 8.76. The average molecular weight is 417 g/mol. The zero-order valence-electron chi connectivity index (χ0n) is 16.5. The van der Waals surface area contributed by atoms with E-state index in [-0.39, 0.29) is 24.8 Å². The summed E-state index contributed by atoms with van der Waals surface area (Å²) in [6, 6.07) is 15.2. The summed E-state index contributed by atoms with van der Waals surface area (Å²) in [5.41, 5.74) is 15.5. The van der Waals surface area contributed by atoms with Gasteiger partial charge in [0.25, 0.3) is 0 Å². The van der Waals surface area contributed by atoms with Crippen LogP contribution in [-0.4, -0.2) is 16.0 Å². The molecule has 4 rings (SSSR count). The summed E-state index contributed by atoms with van der Waals surface area (Å²) in [5.74, 6) is -0.522. The lowest BCUT2D eigenvalue weighted by Crippen LogP contribution is -2.15. The monoisotopic (exact) mass is 417 g/mol. The van der Waals surface area contributed by atoms with Gasteiger partial charge in [-0.3, -0.25) is 15.1 Å². The first-order valence-electron chi connectivity index (χ1n) is 9.59. The van der Waals surface area contributed by atoms with Crippen molar-refractivity contribution in [1.82, 2.24) is 10.1 Å². The zero-order chi connectivity index (χ0) is 21.8. The Morgan fingerprint density at radius 3 is 2.55 bits per heavy atom. The van der Waals surface area contributed by atoms with Crippen molar-refractivity contribution in [3.05, 3.63) is 83.9 Å². The van der Waals surface area contributed by atoms with Crippen LogP contribution in [0.25, 0.3) is 22.4 Å². The van der Waals surface area contributed by atoms with Gasteiger partial charge in [-0.05, 0) is 47.5 Å². The number of aromatic nitrogens is 2. The highest BCUT2D eigenvalue weighted by Crippen LogP contribution is 2.38. The predicted molar refractivity (Wildman–Crippen MR) is 116 cm³/mol. The number of pyridine rings is 1. The minimum Gasteiger partial charge on any atom is -0.398 e. The SMILES string of the molecule is NCc1cc(-c2noc(NC(=O)Cc3ccccc3N)c2-c2ccncc2)ccc1F. The molecule has 2 aromatic heterocycles. The summed E-state index contributed by atoms with van der Waals surface area (Å²) >= 11 is 0. The molecule has 2 heterocycles. The van der Waals surface area contributed by atoms with Crippen LogP contribution in [0, 0.1) is 5.82 Å². The van der Waals surface area contributed by atoms with Crippen LogP contribution < -0.4 is 16.8 Å². The zero-order valence-corrected chi connectivity index (χ0v) is 16.5. The third kappa shape index (κ3) is 4.29. The van der Waals surface area contributed by atoms with Gasteiger partial charge in [-0.2, -0.15) is 0 Å². The number of nitrogens with one attached hydrogen (secondary N) is 1. The molecule has 0 aliphatic carbocycles. The first-order valence-corrected chi connectivity index (χ1v) is 9.59. The molecule has 5 N–H and O–H groups in total. The Morgan fingerprint density at radius 2 is 1.81 bits per heavy atom. The Morgan fingerprint density at radius 1 is 1.03 bits per heavy atom. The number of rotatable bonds is 6. The highest BCUT2D eigenvalue weighted by molar-refractivity contribution is 5.98. The van der Waals surface area contributed by atoms with Gasteiger partial charge in [0.2, 0.25) is 11.8 Å². The number of amides is 1. The van der Waals surface area contributed by atoms with Crippen molar-refractivity contribution in [2.75, 3.05) is 11.1 Å². The van der Waals surface area contributed by atoms with Gasteiger partial charge < -0.3 is 16.0 Å². The molecule has 0 saturated carbocycles. The summed E-state index contributed by atoms with van der Waals surface area (Å²) in [6.45, 7) is 0.0458. The Balaban J connectivity index is 1.72. The summed E-state index contributed by atoms with van der Waals surface area (Å²) in [7, 11) is 0. The van der Waals surface area contributed by atoms with Crippen molar-refractivity contribution in [3.8, 4) is 22.4 Å². The van der Waals surface area contributed by atoms with Crippen LogP contribution >= 0.6 is 0 Å². The van der Waals surface area contributed by atoms with E-state index < -0.39 is 5.82 Å². The largest absolute Gasteiger partial charge is 0.398 e. The normalized spacial score (nSPS) is 10.8. The standard InChI is InChI=1S/C23H20FN5O2/c24-18-6-5-16(11-17(18)13-25)22-21(14-7-9-27-10-8-14)23(31-29-22)28-20(30)12-15-3-1-2-4-19(15)26/h1-11H,12-13,25-26H2,(H,28,30). The molecule has 0 unspecified atom stereocenters. The van der Waals surface area contributed by atoms with Gasteiger partial charge in [-0.15, -0.1) is 0 Å². The first kappa shape index (κ1) is 20.2. The molecule has 0 aliphatic heterocycles. The maximum atomic E-state index is 13.9. The summed E-state index contributed by atoms with van der Waals surface area (Å²) < 4.78 is 19.4. The molecule has 0 bridgehead atoms. The molecule has 7 nitrogen and oxygen atoms in total. The number of nitrogens with zero attached hydrogens (tertiary/aromatic N) is 2. The third-order valence-corrected chi connectivity index (χ3v) is 4.86. The quantitative estimate of drug-likeness (QED) is 0.411. The number of hydrogen-bond acceptors (Lipinski definition) is 6. The lowest BCUT2D eigenvalue weighted by Gasteiger charge is -2.08. The van der Waals surface area contributed by atoms with E-state index in [9.17, 15) is 9.18 Å².